The Kier molecular flexibility index (Phi) is 6.09. The molecule has 2 aromatic carbocycles. The number of benzene rings is 2. The summed E-state index contributed by atoms with van der Waals surface area (Å²) in [6, 6.07) is 13.5. The monoisotopic (exact) mass is 443 g/mol. The molecule has 0 bridgehead atoms. The molecule has 1 saturated heterocycles. The number of rotatable bonds is 5. The van der Waals surface area contributed by atoms with Crippen LogP contribution in [0.1, 0.15) is 30.4 Å². The lowest BCUT2D eigenvalue weighted by Crippen LogP contribution is -2.50. The maximum absolute atomic E-state index is 12.8. The van der Waals surface area contributed by atoms with Crippen molar-refractivity contribution in [2.24, 2.45) is 0 Å². The first kappa shape index (κ1) is 21.5. The number of anilines is 2. The van der Waals surface area contributed by atoms with E-state index in [-0.39, 0.29) is 12.5 Å². The van der Waals surface area contributed by atoms with Gasteiger partial charge in [0.25, 0.3) is 5.91 Å². The molecule has 166 valence electrons. The number of sulfonamides is 1. The van der Waals surface area contributed by atoms with Gasteiger partial charge in [0.1, 0.15) is 5.75 Å². The molecule has 1 atom stereocenters. The molecule has 2 aliphatic heterocycles. The van der Waals surface area contributed by atoms with Gasteiger partial charge in [-0.1, -0.05) is 18.2 Å². The third kappa shape index (κ3) is 4.95. The van der Waals surface area contributed by atoms with Crippen molar-refractivity contribution in [1.29, 1.82) is 0 Å². The number of hydrogen-bond acceptors (Lipinski definition) is 5. The van der Waals surface area contributed by atoms with Crippen LogP contribution in [0.4, 0.5) is 11.4 Å². The molecule has 1 amide bonds. The second-order valence-electron chi connectivity index (χ2n) is 8.30. The zero-order chi connectivity index (χ0) is 22.0. The molecular formula is C23H29N3O4S. The van der Waals surface area contributed by atoms with Crippen molar-refractivity contribution in [3.05, 3.63) is 53.6 Å². The van der Waals surface area contributed by atoms with Crippen LogP contribution in [0.5, 0.6) is 5.75 Å². The number of nitrogens with one attached hydrogen (secondary N) is 1. The minimum absolute atomic E-state index is 0.0466. The smallest absolute Gasteiger partial charge is 0.263 e. The van der Waals surface area contributed by atoms with Crippen LogP contribution in [-0.2, 0) is 21.4 Å². The number of ether oxygens (including phenoxy) is 1. The number of aryl methyl sites for hydroxylation is 1. The minimum Gasteiger partial charge on any atom is -0.476 e. The Morgan fingerprint density at radius 1 is 1.10 bits per heavy atom. The summed E-state index contributed by atoms with van der Waals surface area (Å²) >= 11 is 0. The second kappa shape index (κ2) is 8.78. The molecular weight excluding hydrogens is 414 g/mol. The predicted octanol–water partition coefficient (Wildman–Crippen LogP) is 2.83. The fraction of sp³-hybridized carbons (Fsp3) is 0.435. The van der Waals surface area contributed by atoms with Gasteiger partial charge >= 0.3 is 0 Å². The summed E-state index contributed by atoms with van der Waals surface area (Å²) in [7, 11) is -3.54. The maximum atomic E-state index is 12.8. The predicted molar refractivity (Wildman–Crippen MR) is 122 cm³/mol. The lowest BCUT2D eigenvalue weighted by atomic mass is 10.1. The van der Waals surface area contributed by atoms with E-state index in [9.17, 15) is 13.2 Å². The molecule has 7 nitrogen and oxygen atoms in total. The maximum Gasteiger partial charge on any atom is 0.263 e. The molecule has 1 N–H and O–H groups in total. The highest BCUT2D eigenvalue weighted by molar-refractivity contribution is 7.92. The standard InChI is InChI=1S/C23H29N3O4S/c1-17-6-11-21-20(14-17)26(31(2,28)29)16-22(30-21)23(27)24-15-18-7-9-19(10-8-18)25-12-4-3-5-13-25/h6-11,14,22H,3-5,12-13,15-16H2,1-2H3,(H,24,27)/t22-/m0/s1. The third-order valence-corrected chi connectivity index (χ3v) is 6.95. The normalized spacial score (nSPS) is 18.8. The van der Waals surface area contributed by atoms with E-state index in [0.29, 0.717) is 18.0 Å². The Morgan fingerprint density at radius 2 is 1.81 bits per heavy atom. The van der Waals surface area contributed by atoms with E-state index >= 15 is 0 Å². The van der Waals surface area contributed by atoms with Gasteiger partial charge in [0, 0.05) is 25.3 Å². The van der Waals surface area contributed by atoms with Crippen molar-refractivity contribution in [2.75, 3.05) is 35.1 Å². The van der Waals surface area contributed by atoms with Gasteiger partial charge in [-0.05, 0) is 61.6 Å². The van der Waals surface area contributed by atoms with Crippen molar-refractivity contribution in [2.45, 2.75) is 38.8 Å². The molecule has 0 aromatic heterocycles. The third-order valence-electron chi connectivity index (χ3n) is 5.80. The lowest BCUT2D eigenvalue weighted by Gasteiger charge is -2.34. The van der Waals surface area contributed by atoms with Gasteiger partial charge in [-0.2, -0.15) is 0 Å². The van der Waals surface area contributed by atoms with E-state index in [4.69, 9.17) is 4.74 Å². The van der Waals surface area contributed by atoms with Crippen LogP contribution < -0.4 is 19.3 Å². The molecule has 0 aliphatic carbocycles. The van der Waals surface area contributed by atoms with Gasteiger partial charge < -0.3 is 15.0 Å². The topological polar surface area (TPSA) is 79.0 Å². The quantitative estimate of drug-likeness (QED) is 0.769. The zero-order valence-corrected chi connectivity index (χ0v) is 18.8. The minimum atomic E-state index is -3.54. The molecule has 0 saturated carbocycles. The van der Waals surface area contributed by atoms with Gasteiger partial charge in [-0.25, -0.2) is 8.42 Å². The van der Waals surface area contributed by atoms with Crippen LogP contribution in [-0.4, -0.2) is 46.3 Å². The summed E-state index contributed by atoms with van der Waals surface area (Å²) < 4.78 is 31.7. The number of amides is 1. The first-order valence-corrected chi connectivity index (χ1v) is 12.5. The number of hydrogen-bond donors (Lipinski definition) is 1. The average Bonchev–Trinajstić information content (AvgIpc) is 2.77. The Labute approximate surface area is 184 Å². The second-order valence-corrected chi connectivity index (χ2v) is 10.2. The summed E-state index contributed by atoms with van der Waals surface area (Å²) in [5, 5.41) is 2.88. The molecule has 2 aromatic rings. The molecule has 0 radical (unpaired) electrons. The SMILES string of the molecule is Cc1ccc2c(c1)N(S(C)(=O)=O)C[C@@H](C(=O)NCc1ccc(N3CCCCC3)cc1)O2. The van der Waals surface area contributed by atoms with E-state index in [2.05, 4.69) is 22.3 Å². The Hall–Kier alpha value is -2.74. The molecule has 31 heavy (non-hydrogen) atoms. The summed E-state index contributed by atoms with van der Waals surface area (Å²) in [4.78, 5) is 15.2. The van der Waals surface area contributed by atoms with Crippen molar-refractivity contribution in [3.63, 3.8) is 0 Å². The van der Waals surface area contributed by atoms with Gasteiger partial charge in [-0.15, -0.1) is 0 Å². The first-order valence-electron chi connectivity index (χ1n) is 10.7. The molecule has 2 aliphatic rings. The van der Waals surface area contributed by atoms with E-state index in [1.54, 1.807) is 12.1 Å². The summed E-state index contributed by atoms with van der Waals surface area (Å²) in [6.45, 7) is 4.38. The van der Waals surface area contributed by atoms with Gasteiger partial charge in [0.2, 0.25) is 10.0 Å². The number of fused-ring (bicyclic) bond motifs is 1. The van der Waals surface area contributed by atoms with Crippen LogP contribution in [0.2, 0.25) is 0 Å². The van der Waals surface area contributed by atoms with E-state index in [1.807, 2.05) is 25.1 Å². The first-order chi connectivity index (χ1) is 14.8. The molecule has 0 spiro atoms. The molecule has 1 fully saturated rings. The molecule has 4 rings (SSSR count). The number of nitrogens with zero attached hydrogens (tertiary/aromatic N) is 2. The largest absolute Gasteiger partial charge is 0.476 e. The van der Waals surface area contributed by atoms with E-state index in [1.165, 1.54) is 29.3 Å². The fourth-order valence-electron chi connectivity index (χ4n) is 4.09. The molecule has 2 heterocycles. The van der Waals surface area contributed by atoms with Crippen LogP contribution in [0, 0.1) is 6.92 Å². The highest BCUT2D eigenvalue weighted by Crippen LogP contribution is 2.35. The summed E-state index contributed by atoms with van der Waals surface area (Å²) in [5.74, 6) is 0.0632. The zero-order valence-electron chi connectivity index (χ0n) is 18.0. The molecule has 0 unspecified atom stereocenters. The van der Waals surface area contributed by atoms with Crippen molar-refractivity contribution in [3.8, 4) is 5.75 Å². The average molecular weight is 444 g/mol. The Morgan fingerprint density at radius 3 is 2.48 bits per heavy atom. The van der Waals surface area contributed by atoms with E-state index < -0.39 is 16.1 Å². The van der Waals surface area contributed by atoms with Gasteiger partial charge in [0.15, 0.2) is 6.10 Å². The highest BCUT2D eigenvalue weighted by atomic mass is 32.2. The number of carbonyl (C=O) groups is 1. The van der Waals surface area contributed by atoms with Gasteiger partial charge in [0.05, 0.1) is 18.5 Å². The van der Waals surface area contributed by atoms with E-state index in [0.717, 1.165) is 30.5 Å². The lowest BCUT2D eigenvalue weighted by molar-refractivity contribution is -0.127. The highest BCUT2D eigenvalue weighted by Gasteiger charge is 2.35. The van der Waals surface area contributed by atoms with Crippen LogP contribution in [0.25, 0.3) is 0 Å². The fourth-order valence-corrected chi connectivity index (χ4v) is 5.00. The summed E-state index contributed by atoms with van der Waals surface area (Å²) in [6.07, 6.45) is 3.99. The number of carbonyl (C=O) groups excluding carboxylic acids is 1. The van der Waals surface area contributed by atoms with Crippen molar-refractivity contribution < 1.29 is 17.9 Å². The van der Waals surface area contributed by atoms with Crippen LogP contribution in [0.15, 0.2) is 42.5 Å². The number of piperidine rings is 1. The van der Waals surface area contributed by atoms with Crippen LogP contribution in [0.3, 0.4) is 0 Å². The van der Waals surface area contributed by atoms with Gasteiger partial charge in [-0.3, -0.25) is 9.10 Å². The van der Waals surface area contributed by atoms with Crippen molar-refractivity contribution in [1.82, 2.24) is 5.32 Å². The summed E-state index contributed by atoms with van der Waals surface area (Å²) in [5.41, 5.74) is 3.59. The Bertz CT molecular complexity index is 1050. The Balaban J connectivity index is 1.41. The molecule has 8 heteroatoms. The van der Waals surface area contributed by atoms with Crippen LogP contribution >= 0.6 is 0 Å². The van der Waals surface area contributed by atoms with Crippen molar-refractivity contribution >= 4 is 27.3 Å².